The number of rotatable bonds is 6. The summed E-state index contributed by atoms with van der Waals surface area (Å²) in [7, 11) is 0. The number of halogens is 1. The molecule has 0 saturated carbocycles. The second kappa shape index (κ2) is 7.62. The summed E-state index contributed by atoms with van der Waals surface area (Å²) in [5, 5.41) is 3.80. The van der Waals surface area contributed by atoms with Crippen molar-refractivity contribution in [2.45, 2.75) is 13.8 Å². The molecule has 0 spiro atoms. The van der Waals surface area contributed by atoms with Crippen molar-refractivity contribution in [2.75, 3.05) is 23.3 Å². The summed E-state index contributed by atoms with van der Waals surface area (Å²) < 4.78 is 0. The van der Waals surface area contributed by atoms with Gasteiger partial charge in [0.1, 0.15) is 0 Å². The van der Waals surface area contributed by atoms with Gasteiger partial charge in [-0.05, 0) is 56.3 Å². The molecule has 2 N–H and O–H groups in total. The fourth-order valence-electron chi connectivity index (χ4n) is 2.94. The van der Waals surface area contributed by atoms with Gasteiger partial charge in [0, 0.05) is 46.6 Å². The lowest BCUT2D eigenvalue weighted by Crippen LogP contribution is -2.23. The monoisotopic (exact) mass is 369 g/mol. The highest BCUT2D eigenvalue weighted by atomic mass is 35.5. The maximum Gasteiger partial charge on any atom is 0.296 e. The molecule has 0 saturated heterocycles. The van der Waals surface area contributed by atoms with Gasteiger partial charge in [0.2, 0.25) is 0 Å². The van der Waals surface area contributed by atoms with Crippen LogP contribution in [0.2, 0.25) is 5.02 Å². The molecule has 0 aliphatic carbocycles. The fraction of sp³-hybridized carbons (Fsp3) is 0.200. The largest absolute Gasteiger partial charge is 0.372 e. The highest BCUT2D eigenvalue weighted by Gasteiger charge is 2.20. The summed E-state index contributed by atoms with van der Waals surface area (Å²) >= 11 is 6.00. The van der Waals surface area contributed by atoms with Gasteiger partial charge in [-0.25, -0.2) is 0 Å². The standard InChI is InChI=1S/C20H20ClN3O2/c1-3-24(4-2)15-8-6-14(7-9-15)23-20(26)19(25)17-12-22-18-10-5-13(21)11-16(17)18/h5-12,22H,3-4H2,1-2H3,(H,23,26). The van der Waals surface area contributed by atoms with E-state index in [1.54, 1.807) is 30.3 Å². The van der Waals surface area contributed by atoms with Gasteiger partial charge in [0.15, 0.2) is 0 Å². The molecule has 134 valence electrons. The molecule has 0 aliphatic rings. The van der Waals surface area contributed by atoms with E-state index in [0.717, 1.165) is 24.3 Å². The molecular weight excluding hydrogens is 350 g/mol. The summed E-state index contributed by atoms with van der Waals surface area (Å²) in [5.74, 6) is -1.28. The lowest BCUT2D eigenvalue weighted by Gasteiger charge is -2.21. The predicted molar refractivity (Wildman–Crippen MR) is 106 cm³/mol. The number of aromatic nitrogens is 1. The van der Waals surface area contributed by atoms with Crippen LogP contribution in [-0.2, 0) is 4.79 Å². The molecule has 1 heterocycles. The predicted octanol–water partition coefficient (Wildman–Crippen LogP) is 4.49. The van der Waals surface area contributed by atoms with E-state index in [1.165, 1.54) is 6.20 Å². The van der Waals surface area contributed by atoms with Crippen LogP contribution in [0.1, 0.15) is 24.2 Å². The Morgan fingerprint density at radius 3 is 2.42 bits per heavy atom. The van der Waals surface area contributed by atoms with Crippen LogP contribution >= 0.6 is 11.6 Å². The zero-order chi connectivity index (χ0) is 18.7. The van der Waals surface area contributed by atoms with Crippen molar-refractivity contribution < 1.29 is 9.59 Å². The number of nitrogens with one attached hydrogen (secondary N) is 2. The summed E-state index contributed by atoms with van der Waals surface area (Å²) in [5.41, 5.74) is 2.72. The number of hydrogen-bond acceptors (Lipinski definition) is 3. The van der Waals surface area contributed by atoms with Crippen LogP contribution in [0.4, 0.5) is 11.4 Å². The van der Waals surface area contributed by atoms with Gasteiger partial charge in [0.25, 0.3) is 11.7 Å². The van der Waals surface area contributed by atoms with E-state index in [0.29, 0.717) is 21.7 Å². The van der Waals surface area contributed by atoms with Gasteiger partial charge >= 0.3 is 0 Å². The lowest BCUT2D eigenvalue weighted by atomic mass is 10.1. The number of fused-ring (bicyclic) bond motifs is 1. The minimum Gasteiger partial charge on any atom is -0.372 e. The van der Waals surface area contributed by atoms with E-state index in [1.807, 2.05) is 12.1 Å². The molecule has 1 aromatic heterocycles. The third kappa shape index (κ3) is 3.58. The first kappa shape index (κ1) is 18.0. The van der Waals surface area contributed by atoms with Crippen molar-refractivity contribution in [1.29, 1.82) is 0 Å². The highest BCUT2D eigenvalue weighted by Crippen LogP contribution is 2.23. The normalized spacial score (nSPS) is 10.7. The van der Waals surface area contributed by atoms with Crippen molar-refractivity contribution in [3.63, 3.8) is 0 Å². The Morgan fingerprint density at radius 2 is 1.77 bits per heavy atom. The zero-order valence-electron chi connectivity index (χ0n) is 14.7. The molecule has 26 heavy (non-hydrogen) atoms. The van der Waals surface area contributed by atoms with Crippen molar-refractivity contribution in [3.8, 4) is 0 Å². The first-order valence-electron chi connectivity index (χ1n) is 8.50. The molecule has 2 aromatic carbocycles. The van der Waals surface area contributed by atoms with Gasteiger partial charge in [0.05, 0.1) is 5.56 Å². The molecule has 3 aromatic rings. The van der Waals surface area contributed by atoms with Gasteiger partial charge in [-0.15, -0.1) is 0 Å². The summed E-state index contributed by atoms with van der Waals surface area (Å²) in [6.07, 6.45) is 1.53. The van der Waals surface area contributed by atoms with Crippen molar-refractivity contribution in [1.82, 2.24) is 4.98 Å². The average Bonchev–Trinajstić information content (AvgIpc) is 3.06. The van der Waals surface area contributed by atoms with Crippen LogP contribution in [0, 0.1) is 0 Å². The number of nitrogens with zero attached hydrogens (tertiary/aromatic N) is 1. The summed E-state index contributed by atoms with van der Waals surface area (Å²) in [4.78, 5) is 30.1. The van der Waals surface area contributed by atoms with Crippen LogP contribution in [0.3, 0.4) is 0 Å². The maximum atomic E-state index is 12.5. The lowest BCUT2D eigenvalue weighted by molar-refractivity contribution is -0.112. The van der Waals surface area contributed by atoms with Gasteiger partial charge in [-0.2, -0.15) is 0 Å². The van der Waals surface area contributed by atoms with Crippen LogP contribution in [0.25, 0.3) is 10.9 Å². The molecule has 0 atom stereocenters. The minimum absolute atomic E-state index is 0.305. The topological polar surface area (TPSA) is 65.2 Å². The highest BCUT2D eigenvalue weighted by molar-refractivity contribution is 6.48. The number of aromatic amines is 1. The van der Waals surface area contributed by atoms with E-state index in [9.17, 15) is 9.59 Å². The Morgan fingerprint density at radius 1 is 1.08 bits per heavy atom. The molecule has 0 bridgehead atoms. The quantitative estimate of drug-likeness (QED) is 0.497. The van der Waals surface area contributed by atoms with Crippen molar-refractivity contribution >= 4 is 45.6 Å². The Labute approximate surface area is 157 Å². The third-order valence-electron chi connectivity index (χ3n) is 4.35. The van der Waals surface area contributed by atoms with Crippen LogP contribution < -0.4 is 10.2 Å². The number of benzene rings is 2. The van der Waals surface area contributed by atoms with E-state index in [-0.39, 0.29) is 0 Å². The number of carbonyl (C=O) groups excluding carboxylic acids is 2. The number of carbonyl (C=O) groups is 2. The fourth-order valence-corrected chi connectivity index (χ4v) is 3.11. The number of amides is 1. The number of hydrogen-bond donors (Lipinski definition) is 2. The van der Waals surface area contributed by atoms with Crippen molar-refractivity contribution in [2.24, 2.45) is 0 Å². The summed E-state index contributed by atoms with van der Waals surface area (Å²) in [6.45, 7) is 5.99. The van der Waals surface area contributed by atoms with Gasteiger partial charge in [-0.3, -0.25) is 9.59 Å². The first-order chi connectivity index (χ1) is 12.5. The number of Topliss-reactive ketones (excluding diaryl/α,β-unsaturated/α-hetero) is 1. The molecule has 0 unspecified atom stereocenters. The Hall–Kier alpha value is -2.79. The second-order valence-corrected chi connectivity index (χ2v) is 6.33. The molecule has 0 fully saturated rings. The Bertz CT molecular complexity index is 943. The first-order valence-corrected chi connectivity index (χ1v) is 8.88. The number of ketones is 1. The molecule has 5 nitrogen and oxygen atoms in total. The van der Waals surface area contributed by atoms with E-state index in [4.69, 9.17) is 11.6 Å². The molecule has 3 rings (SSSR count). The van der Waals surface area contributed by atoms with Crippen LogP contribution in [-0.4, -0.2) is 29.8 Å². The molecule has 6 heteroatoms. The van der Waals surface area contributed by atoms with Crippen LogP contribution in [0.5, 0.6) is 0 Å². The van der Waals surface area contributed by atoms with Gasteiger partial charge < -0.3 is 15.2 Å². The van der Waals surface area contributed by atoms with E-state index < -0.39 is 11.7 Å². The smallest absolute Gasteiger partial charge is 0.296 e. The summed E-state index contributed by atoms with van der Waals surface area (Å²) in [6, 6.07) is 12.6. The average molecular weight is 370 g/mol. The number of anilines is 2. The Balaban J connectivity index is 1.77. The molecular formula is C20H20ClN3O2. The molecule has 0 aliphatic heterocycles. The van der Waals surface area contributed by atoms with Crippen molar-refractivity contribution in [3.05, 3.63) is 59.2 Å². The van der Waals surface area contributed by atoms with Gasteiger partial charge in [-0.1, -0.05) is 11.6 Å². The van der Waals surface area contributed by atoms with E-state index in [2.05, 4.69) is 29.0 Å². The van der Waals surface area contributed by atoms with E-state index >= 15 is 0 Å². The minimum atomic E-state index is -0.679. The van der Waals surface area contributed by atoms with Crippen LogP contribution in [0.15, 0.2) is 48.7 Å². The zero-order valence-corrected chi connectivity index (χ0v) is 15.4. The molecule has 0 radical (unpaired) electrons. The Kier molecular flexibility index (Phi) is 5.28. The maximum absolute atomic E-state index is 12.5. The third-order valence-corrected chi connectivity index (χ3v) is 4.58. The molecule has 1 amide bonds. The number of H-pyrrole nitrogens is 1. The second-order valence-electron chi connectivity index (χ2n) is 5.89. The SMILES string of the molecule is CCN(CC)c1ccc(NC(=O)C(=O)c2c[nH]c3ccc(Cl)cc23)cc1.